The Morgan fingerprint density at radius 2 is 1.90 bits per heavy atom. The Morgan fingerprint density at radius 3 is 2.47 bits per heavy atom. The van der Waals surface area contributed by atoms with Crippen molar-refractivity contribution >= 4 is 23.7 Å². The van der Waals surface area contributed by atoms with Crippen molar-refractivity contribution in [3.63, 3.8) is 0 Å². The van der Waals surface area contributed by atoms with E-state index in [0.717, 1.165) is 11.6 Å². The lowest BCUT2D eigenvalue weighted by molar-refractivity contribution is -0.156. The van der Waals surface area contributed by atoms with Gasteiger partial charge in [0.1, 0.15) is 18.6 Å². The van der Waals surface area contributed by atoms with Gasteiger partial charge in [-0.1, -0.05) is 50.8 Å². The van der Waals surface area contributed by atoms with Crippen LogP contribution < -0.4 is 5.32 Å². The highest BCUT2D eigenvalue weighted by Gasteiger charge is 2.40. The molecule has 1 aliphatic rings. The van der Waals surface area contributed by atoms with E-state index in [0.29, 0.717) is 6.42 Å². The van der Waals surface area contributed by atoms with E-state index < -0.39 is 36.4 Å². The molecule has 0 aromatic heterocycles. The largest absolute Gasteiger partial charge is 0.480 e. The number of hydrogen-bond donors (Lipinski definition) is 2. The smallest absolute Gasteiger partial charge is 0.323 e. The number of amides is 3. The number of carbonyl (C=O) groups is 4. The molecule has 3 amide bonds. The first-order valence-corrected chi connectivity index (χ1v) is 10.0. The first kappa shape index (κ1) is 23.1. The van der Waals surface area contributed by atoms with Gasteiger partial charge in [0.2, 0.25) is 17.7 Å². The Morgan fingerprint density at radius 1 is 1.23 bits per heavy atom. The Kier molecular flexibility index (Phi) is 8.15. The van der Waals surface area contributed by atoms with Crippen molar-refractivity contribution in [3.05, 3.63) is 48.6 Å². The minimum atomic E-state index is -1.10. The van der Waals surface area contributed by atoms with Crippen LogP contribution in [0.15, 0.2) is 43.0 Å². The van der Waals surface area contributed by atoms with Crippen LogP contribution in [0.25, 0.3) is 0 Å². The van der Waals surface area contributed by atoms with Crippen LogP contribution in [0.4, 0.5) is 0 Å². The molecule has 8 heteroatoms. The Hall–Kier alpha value is -3.16. The molecule has 2 unspecified atom stereocenters. The van der Waals surface area contributed by atoms with Crippen LogP contribution in [0.3, 0.4) is 0 Å². The molecule has 2 rings (SSSR count). The van der Waals surface area contributed by atoms with E-state index in [1.165, 1.54) is 9.80 Å². The molecule has 0 saturated carbocycles. The van der Waals surface area contributed by atoms with Crippen LogP contribution in [0.5, 0.6) is 0 Å². The normalized spacial score (nSPS) is 17.6. The third kappa shape index (κ3) is 6.17. The standard InChI is InChI=1S/C22H29N3O5/c1-4-19(26)23-17(12-15(2)3)21(29)25-11-10-24(14-20(27)28)22(30)18(25)13-16-8-6-5-7-9-16/h4-9,15,17-18H,1,10-14H2,2-3H3,(H,23,26)(H,27,28). The fourth-order valence-electron chi connectivity index (χ4n) is 3.58. The van der Waals surface area contributed by atoms with Crippen molar-refractivity contribution in [2.45, 2.75) is 38.8 Å². The molecule has 1 heterocycles. The predicted octanol–water partition coefficient (Wildman–Crippen LogP) is 1.07. The molecule has 1 aromatic carbocycles. The molecular formula is C22H29N3O5. The summed E-state index contributed by atoms with van der Waals surface area (Å²) in [7, 11) is 0. The number of piperazine rings is 1. The summed E-state index contributed by atoms with van der Waals surface area (Å²) in [5.41, 5.74) is 0.862. The number of benzene rings is 1. The predicted molar refractivity (Wildman–Crippen MR) is 111 cm³/mol. The fourth-order valence-corrected chi connectivity index (χ4v) is 3.58. The van der Waals surface area contributed by atoms with E-state index in [4.69, 9.17) is 5.11 Å². The van der Waals surface area contributed by atoms with Crippen molar-refractivity contribution in [2.75, 3.05) is 19.6 Å². The number of hydrogen-bond acceptors (Lipinski definition) is 4. The lowest BCUT2D eigenvalue weighted by atomic mass is 9.97. The van der Waals surface area contributed by atoms with Crippen molar-refractivity contribution in [2.24, 2.45) is 5.92 Å². The summed E-state index contributed by atoms with van der Waals surface area (Å²) in [6.45, 7) is 7.24. The van der Waals surface area contributed by atoms with Gasteiger partial charge in [-0.3, -0.25) is 19.2 Å². The quantitative estimate of drug-likeness (QED) is 0.587. The number of carboxylic acids is 1. The second kappa shape index (κ2) is 10.6. The summed E-state index contributed by atoms with van der Waals surface area (Å²) >= 11 is 0. The second-order valence-electron chi connectivity index (χ2n) is 7.79. The van der Waals surface area contributed by atoms with Gasteiger partial charge in [-0.05, 0) is 24.0 Å². The monoisotopic (exact) mass is 415 g/mol. The summed E-state index contributed by atoms with van der Waals surface area (Å²) in [6.07, 6.45) is 1.79. The molecule has 0 spiro atoms. The molecule has 2 N–H and O–H groups in total. The van der Waals surface area contributed by atoms with Gasteiger partial charge in [0.05, 0.1) is 0 Å². The number of nitrogens with one attached hydrogen (secondary N) is 1. The Bertz CT molecular complexity index is 793. The lowest BCUT2D eigenvalue weighted by Gasteiger charge is -2.41. The molecular weight excluding hydrogens is 386 g/mol. The molecule has 1 fully saturated rings. The molecule has 0 radical (unpaired) electrons. The molecule has 2 atom stereocenters. The van der Waals surface area contributed by atoms with Crippen molar-refractivity contribution in [1.29, 1.82) is 0 Å². The van der Waals surface area contributed by atoms with Gasteiger partial charge < -0.3 is 20.2 Å². The zero-order chi connectivity index (χ0) is 22.3. The zero-order valence-electron chi connectivity index (χ0n) is 17.4. The van der Waals surface area contributed by atoms with E-state index in [-0.39, 0.29) is 31.3 Å². The van der Waals surface area contributed by atoms with E-state index in [2.05, 4.69) is 11.9 Å². The highest BCUT2D eigenvalue weighted by Crippen LogP contribution is 2.19. The minimum absolute atomic E-state index is 0.131. The number of rotatable bonds is 9. The lowest BCUT2D eigenvalue weighted by Crippen LogP contribution is -2.63. The highest BCUT2D eigenvalue weighted by molar-refractivity contribution is 5.95. The first-order chi connectivity index (χ1) is 14.2. The number of aliphatic carboxylic acids is 1. The molecule has 162 valence electrons. The molecule has 30 heavy (non-hydrogen) atoms. The fraction of sp³-hybridized carbons (Fsp3) is 0.455. The van der Waals surface area contributed by atoms with Gasteiger partial charge in [0, 0.05) is 19.5 Å². The highest BCUT2D eigenvalue weighted by atomic mass is 16.4. The van der Waals surface area contributed by atoms with Crippen LogP contribution in [-0.2, 0) is 25.6 Å². The van der Waals surface area contributed by atoms with Crippen molar-refractivity contribution in [3.8, 4) is 0 Å². The van der Waals surface area contributed by atoms with Crippen LogP contribution in [-0.4, -0.2) is 70.3 Å². The maximum absolute atomic E-state index is 13.4. The average Bonchev–Trinajstić information content (AvgIpc) is 2.70. The van der Waals surface area contributed by atoms with E-state index in [9.17, 15) is 19.2 Å². The van der Waals surface area contributed by atoms with Gasteiger partial charge in [-0.25, -0.2) is 0 Å². The number of nitrogens with zero attached hydrogens (tertiary/aromatic N) is 2. The molecule has 1 saturated heterocycles. The van der Waals surface area contributed by atoms with Crippen LogP contribution in [0.2, 0.25) is 0 Å². The maximum Gasteiger partial charge on any atom is 0.323 e. The summed E-state index contributed by atoms with van der Waals surface area (Å²) in [4.78, 5) is 52.2. The van der Waals surface area contributed by atoms with E-state index in [1.807, 2.05) is 44.2 Å². The van der Waals surface area contributed by atoms with Crippen molar-refractivity contribution in [1.82, 2.24) is 15.1 Å². The van der Waals surface area contributed by atoms with Gasteiger partial charge in [0.25, 0.3) is 0 Å². The summed E-state index contributed by atoms with van der Waals surface area (Å²) in [5, 5.41) is 11.8. The SMILES string of the molecule is C=CC(=O)NC(CC(C)C)C(=O)N1CCN(CC(=O)O)C(=O)C1Cc1ccccc1. The second-order valence-corrected chi connectivity index (χ2v) is 7.79. The van der Waals surface area contributed by atoms with E-state index >= 15 is 0 Å². The molecule has 1 aliphatic heterocycles. The first-order valence-electron chi connectivity index (χ1n) is 10.0. The maximum atomic E-state index is 13.4. The third-order valence-electron chi connectivity index (χ3n) is 4.97. The van der Waals surface area contributed by atoms with Crippen LogP contribution in [0.1, 0.15) is 25.8 Å². The summed E-state index contributed by atoms with van der Waals surface area (Å²) in [5.74, 6) is -2.16. The van der Waals surface area contributed by atoms with Gasteiger partial charge in [0.15, 0.2) is 0 Å². The number of carboxylic acid groups (broad SMARTS) is 1. The van der Waals surface area contributed by atoms with E-state index in [1.54, 1.807) is 0 Å². The zero-order valence-corrected chi connectivity index (χ0v) is 17.4. The third-order valence-corrected chi connectivity index (χ3v) is 4.97. The molecule has 0 aliphatic carbocycles. The Balaban J connectivity index is 2.31. The summed E-state index contributed by atoms with van der Waals surface area (Å²) in [6, 6.07) is 7.64. The van der Waals surface area contributed by atoms with Gasteiger partial charge >= 0.3 is 5.97 Å². The van der Waals surface area contributed by atoms with Gasteiger partial charge in [-0.2, -0.15) is 0 Å². The molecule has 0 bridgehead atoms. The average molecular weight is 415 g/mol. The van der Waals surface area contributed by atoms with Gasteiger partial charge in [-0.15, -0.1) is 0 Å². The molecule has 1 aromatic rings. The number of carbonyl (C=O) groups excluding carboxylic acids is 3. The summed E-state index contributed by atoms with van der Waals surface area (Å²) < 4.78 is 0. The Labute approximate surface area is 176 Å². The topological polar surface area (TPSA) is 107 Å². The van der Waals surface area contributed by atoms with Crippen molar-refractivity contribution < 1.29 is 24.3 Å². The minimum Gasteiger partial charge on any atom is -0.480 e. The van der Waals surface area contributed by atoms with Crippen LogP contribution >= 0.6 is 0 Å². The molecule has 8 nitrogen and oxygen atoms in total. The van der Waals surface area contributed by atoms with Crippen LogP contribution in [0, 0.1) is 5.92 Å².